The summed E-state index contributed by atoms with van der Waals surface area (Å²) in [6.07, 6.45) is 3.56. The number of nitrogens with one attached hydrogen (secondary N) is 1. The average Bonchev–Trinajstić information content (AvgIpc) is 2.83. The maximum absolute atomic E-state index is 13.0. The second kappa shape index (κ2) is 11.0. The van der Waals surface area contributed by atoms with Gasteiger partial charge in [0.1, 0.15) is 23.1 Å². The first-order valence-corrected chi connectivity index (χ1v) is 10.7. The van der Waals surface area contributed by atoms with Gasteiger partial charge in [0, 0.05) is 31.8 Å². The largest absolute Gasteiger partial charge is 0.496 e. The molecule has 1 atom stereocenters. The summed E-state index contributed by atoms with van der Waals surface area (Å²) >= 11 is 0. The van der Waals surface area contributed by atoms with Gasteiger partial charge in [0.25, 0.3) is 0 Å². The lowest BCUT2D eigenvalue weighted by Crippen LogP contribution is -2.47. The van der Waals surface area contributed by atoms with Gasteiger partial charge in [-0.15, -0.1) is 0 Å². The van der Waals surface area contributed by atoms with Gasteiger partial charge in [-0.05, 0) is 43.0 Å². The lowest BCUT2D eigenvalue weighted by molar-refractivity contribution is -0.125. The van der Waals surface area contributed by atoms with Crippen LogP contribution in [-0.4, -0.2) is 57.8 Å². The number of hydrogen-bond acceptors (Lipinski definition) is 5. The van der Waals surface area contributed by atoms with Crippen LogP contribution >= 0.6 is 0 Å². The molecule has 0 saturated heterocycles. The molecule has 1 aliphatic rings. The molecular formula is C25H31FN2O4. The fourth-order valence-electron chi connectivity index (χ4n) is 3.88. The Morgan fingerprint density at radius 2 is 1.75 bits per heavy atom. The fourth-order valence-corrected chi connectivity index (χ4v) is 3.88. The standard InChI is InChI=1S/C25H31FN2O4/c1-17(25(29)27-12-9-18-5-7-20(26)8-6-18)28-13-10-19(11-14-28)24-22(31-3)15-21(30-2)16-23(24)32-4/h5-8,10,15-17H,9,11-14H2,1-4H3,(H,27,29)/t17-/m1/s1. The zero-order valence-corrected chi connectivity index (χ0v) is 19.1. The van der Waals surface area contributed by atoms with Crippen LogP contribution in [0.5, 0.6) is 17.2 Å². The van der Waals surface area contributed by atoms with Crippen molar-refractivity contribution in [3.63, 3.8) is 0 Å². The van der Waals surface area contributed by atoms with Crippen LogP contribution in [-0.2, 0) is 11.2 Å². The molecule has 1 amide bonds. The van der Waals surface area contributed by atoms with Crippen molar-refractivity contribution in [3.8, 4) is 17.2 Å². The van der Waals surface area contributed by atoms with Gasteiger partial charge < -0.3 is 19.5 Å². The van der Waals surface area contributed by atoms with Gasteiger partial charge in [0.15, 0.2) is 0 Å². The Kier molecular flexibility index (Phi) is 8.11. The SMILES string of the molecule is COc1cc(OC)c(C2=CCN([C@H](C)C(=O)NCCc3ccc(F)cc3)CC2)c(OC)c1. The van der Waals surface area contributed by atoms with Crippen LogP contribution in [0, 0.1) is 5.82 Å². The molecule has 0 saturated carbocycles. The number of nitrogens with zero attached hydrogens (tertiary/aromatic N) is 1. The minimum atomic E-state index is -0.256. The molecule has 3 rings (SSSR count). The topological polar surface area (TPSA) is 60.0 Å². The fraction of sp³-hybridized carbons (Fsp3) is 0.400. The first kappa shape index (κ1) is 23.6. The van der Waals surface area contributed by atoms with E-state index in [2.05, 4.69) is 16.3 Å². The summed E-state index contributed by atoms with van der Waals surface area (Å²) in [6.45, 7) is 3.83. The van der Waals surface area contributed by atoms with Gasteiger partial charge in [-0.3, -0.25) is 9.69 Å². The molecule has 0 spiro atoms. The van der Waals surface area contributed by atoms with Crippen LogP contribution in [0.3, 0.4) is 0 Å². The molecule has 172 valence electrons. The van der Waals surface area contributed by atoms with Gasteiger partial charge >= 0.3 is 0 Å². The van der Waals surface area contributed by atoms with Crippen molar-refractivity contribution in [1.82, 2.24) is 10.2 Å². The second-order valence-electron chi connectivity index (χ2n) is 7.72. The molecule has 2 aromatic carbocycles. The molecule has 0 fully saturated rings. The number of rotatable bonds is 9. The lowest BCUT2D eigenvalue weighted by Gasteiger charge is -2.31. The number of carbonyl (C=O) groups excluding carboxylic acids is 1. The predicted molar refractivity (Wildman–Crippen MR) is 123 cm³/mol. The molecule has 7 heteroatoms. The molecule has 0 aliphatic carbocycles. The van der Waals surface area contributed by atoms with Crippen LogP contribution in [0.4, 0.5) is 4.39 Å². The first-order chi connectivity index (χ1) is 15.5. The van der Waals surface area contributed by atoms with E-state index < -0.39 is 0 Å². The predicted octanol–water partition coefficient (Wildman–Crippen LogP) is 3.69. The third-order valence-corrected chi connectivity index (χ3v) is 5.83. The molecule has 1 heterocycles. The van der Waals surface area contributed by atoms with Crippen molar-refractivity contribution in [2.75, 3.05) is 41.0 Å². The number of carbonyl (C=O) groups is 1. The molecular weight excluding hydrogens is 411 g/mol. The van der Waals surface area contributed by atoms with E-state index in [1.54, 1.807) is 33.5 Å². The Morgan fingerprint density at radius 3 is 2.28 bits per heavy atom. The zero-order chi connectivity index (χ0) is 23.1. The number of halogens is 1. The van der Waals surface area contributed by atoms with Gasteiger partial charge in [-0.1, -0.05) is 18.2 Å². The number of hydrogen-bond donors (Lipinski definition) is 1. The Hall–Kier alpha value is -3.06. The molecule has 0 aromatic heterocycles. The van der Waals surface area contributed by atoms with Crippen molar-refractivity contribution < 1.29 is 23.4 Å². The molecule has 1 N–H and O–H groups in total. The van der Waals surface area contributed by atoms with Gasteiger partial charge in [-0.25, -0.2) is 4.39 Å². The lowest BCUT2D eigenvalue weighted by atomic mass is 9.96. The normalized spacial score (nSPS) is 15.0. The molecule has 1 aliphatic heterocycles. The van der Waals surface area contributed by atoms with Crippen molar-refractivity contribution in [1.29, 1.82) is 0 Å². The van der Waals surface area contributed by atoms with Crippen molar-refractivity contribution >= 4 is 11.5 Å². The quantitative estimate of drug-likeness (QED) is 0.642. The smallest absolute Gasteiger partial charge is 0.237 e. The van der Waals surface area contributed by atoms with E-state index in [4.69, 9.17) is 14.2 Å². The van der Waals surface area contributed by atoms with Gasteiger partial charge in [0.05, 0.1) is 32.9 Å². The van der Waals surface area contributed by atoms with Crippen LogP contribution in [0.1, 0.15) is 24.5 Å². The van der Waals surface area contributed by atoms with E-state index >= 15 is 0 Å². The summed E-state index contributed by atoms with van der Waals surface area (Å²) in [4.78, 5) is 14.8. The summed E-state index contributed by atoms with van der Waals surface area (Å²) in [5.41, 5.74) is 3.04. The van der Waals surface area contributed by atoms with E-state index in [0.717, 1.165) is 29.7 Å². The summed E-state index contributed by atoms with van der Waals surface area (Å²) in [5.74, 6) is 1.81. The van der Waals surface area contributed by atoms with Gasteiger partial charge in [0.2, 0.25) is 5.91 Å². The highest BCUT2D eigenvalue weighted by atomic mass is 19.1. The van der Waals surface area contributed by atoms with Crippen LogP contribution < -0.4 is 19.5 Å². The van der Waals surface area contributed by atoms with Crippen LogP contribution in [0.15, 0.2) is 42.5 Å². The summed E-state index contributed by atoms with van der Waals surface area (Å²) < 4.78 is 29.5. The van der Waals surface area contributed by atoms with Crippen LogP contribution in [0.25, 0.3) is 5.57 Å². The molecule has 0 unspecified atom stereocenters. The van der Waals surface area contributed by atoms with Gasteiger partial charge in [-0.2, -0.15) is 0 Å². The highest BCUT2D eigenvalue weighted by molar-refractivity contribution is 5.82. The second-order valence-corrected chi connectivity index (χ2v) is 7.72. The summed E-state index contributed by atoms with van der Waals surface area (Å²) in [7, 11) is 4.87. The number of ether oxygens (including phenoxy) is 3. The first-order valence-electron chi connectivity index (χ1n) is 10.7. The van der Waals surface area contributed by atoms with Crippen molar-refractivity contribution in [2.24, 2.45) is 0 Å². The maximum Gasteiger partial charge on any atom is 0.237 e. The summed E-state index contributed by atoms with van der Waals surface area (Å²) in [6, 6.07) is 9.80. The third kappa shape index (κ3) is 5.59. The Labute approximate surface area is 189 Å². The monoisotopic (exact) mass is 442 g/mol. The average molecular weight is 443 g/mol. The molecule has 32 heavy (non-hydrogen) atoms. The number of methoxy groups -OCH3 is 3. The van der Waals surface area contributed by atoms with Crippen molar-refractivity contribution in [2.45, 2.75) is 25.8 Å². The van der Waals surface area contributed by atoms with E-state index in [9.17, 15) is 9.18 Å². The minimum Gasteiger partial charge on any atom is -0.496 e. The number of amides is 1. The van der Waals surface area contributed by atoms with E-state index in [1.165, 1.54) is 12.1 Å². The zero-order valence-electron chi connectivity index (χ0n) is 19.1. The number of benzene rings is 2. The molecule has 6 nitrogen and oxygen atoms in total. The molecule has 0 radical (unpaired) electrons. The Morgan fingerprint density at radius 1 is 1.09 bits per heavy atom. The Balaban J connectivity index is 1.60. The summed E-state index contributed by atoms with van der Waals surface area (Å²) in [5, 5.41) is 2.99. The van der Waals surface area contributed by atoms with Crippen molar-refractivity contribution in [3.05, 3.63) is 59.4 Å². The van der Waals surface area contributed by atoms with E-state index in [0.29, 0.717) is 36.8 Å². The van der Waals surface area contributed by atoms with E-state index in [1.807, 2.05) is 19.1 Å². The van der Waals surface area contributed by atoms with Crippen LogP contribution in [0.2, 0.25) is 0 Å². The highest BCUT2D eigenvalue weighted by Gasteiger charge is 2.25. The molecule has 2 aromatic rings. The third-order valence-electron chi connectivity index (χ3n) is 5.83. The Bertz CT molecular complexity index is 934. The highest BCUT2D eigenvalue weighted by Crippen LogP contribution is 2.40. The maximum atomic E-state index is 13.0. The van der Waals surface area contributed by atoms with E-state index in [-0.39, 0.29) is 17.8 Å². The minimum absolute atomic E-state index is 0.0106. The molecule has 0 bridgehead atoms.